The van der Waals surface area contributed by atoms with E-state index in [1.54, 1.807) is 34.6 Å². The van der Waals surface area contributed by atoms with Crippen molar-refractivity contribution in [3.05, 3.63) is 0 Å². The van der Waals surface area contributed by atoms with Crippen LogP contribution < -0.4 is 71.2 Å². The number of aliphatic carboxylic acids is 1. The van der Waals surface area contributed by atoms with Crippen LogP contribution in [0.5, 0.6) is 0 Å². The van der Waals surface area contributed by atoms with Crippen molar-refractivity contribution in [2.24, 2.45) is 45.5 Å². The Balaban J connectivity index is 6.13. The van der Waals surface area contributed by atoms with Crippen molar-refractivity contribution < 1.29 is 68.1 Å². The zero-order valence-electron chi connectivity index (χ0n) is 39.3. The van der Waals surface area contributed by atoms with Gasteiger partial charge in [-0.15, -0.1) is 0 Å². The predicted molar refractivity (Wildman–Crippen MR) is 242 cm³/mol. The van der Waals surface area contributed by atoms with E-state index < -0.39 is 151 Å². The molecule has 0 fully saturated rings. The van der Waals surface area contributed by atoms with Crippen LogP contribution in [0.2, 0.25) is 0 Å². The molecular formula is C40H72N14O14. The third-order valence-electron chi connectivity index (χ3n) is 9.82. The number of carbonyl (C=O) groups excluding carboxylic acids is 10. The molecule has 0 rings (SSSR count). The third kappa shape index (κ3) is 23.7. The van der Waals surface area contributed by atoms with Crippen molar-refractivity contribution in [3.63, 3.8) is 0 Å². The topological polar surface area (TPSA) is 487 Å². The maximum atomic E-state index is 13.6. The Kier molecular flexibility index (Phi) is 28.2. The second kappa shape index (κ2) is 31.3. The molecule has 10 amide bonds. The molecule has 0 bridgehead atoms. The molecule has 0 heterocycles. The predicted octanol–water partition coefficient (Wildman–Crippen LogP) is -7.02. The summed E-state index contributed by atoms with van der Waals surface area (Å²) < 4.78 is 0. The Labute approximate surface area is 393 Å². The Morgan fingerprint density at radius 1 is 0.544 bits per heavy atom. The number of aliphatic hydroxyl groups is 2. The van der Waals surface area contributed by atoms with Crippen LogP contribution in [0.1, 0.15) is 92.9 Å². The highest BCUT2D eigenvalue weighted by molar-refractivity contribution is 5.98. The molecule has 0 aliphatic heterocycles. The Morgan fingerprint density at radius 2 is 1.01 bits per heavy atom. The molecule has 0 aromatic carbocycles. The molecule has 0 aliphatic carbocycles. The van der Waals surface area contributed by atoms with Gasteiger partial charge in [-0.1, -0.05) is 41.0 Å². The SMILES string of the molecule is CCC[C@H](NC(=O)[C@H](CCC(=O)O)NC(=O)[C@H](N)CO)C(=O)N[C@H](C(=O)N[C@@H](C)C(=O)N[C@@H](CC(C)C)C(=O)N[C@@H](CO)C(=O)N[C@H](CCCN=C(N)N)C(=O)N[C@H](CC(N)=O)C(N)=O)C(C)C. The van der Waals surface area contributed by atoms with E-state index in [0.717, 1.165) is 0 Å². The number of carboxylic acid groups (broad SMARTS) is 1. The number of aliphatic imine (C=N–C) groups is 1. The van der Waals surface area contributed by atoms with E-state index in [-0.39, 0.29) is 50.5 Å². The maximum Gasteiger partial charge on any atom is 0.303 e. The number of amides is 10. The van der Waals surface area contributed by atoms with Crippen LogP contribution in [-0.2, 0) is 52.7 Å². The van der Waals surface area contributed by atoms with Crippen LogP contribution in [0.4, 0.5) is 0 Å². The lowest BCUT2D eigenvalue weighted by Crippen LogP contribution is -2.61. The van der Waals surface area contributed by atoms with Gasteiger partial charge in [0.2, 0.25) is 59.1 Å². The maximum absolute atomic E-state index is 13.6. The van der Waals surface area contributed by atoms with Gasteiger partial charge in [-0.25, -0.2) is 0 Å². The normalized spacial score (nSPS) is 15.0. The monoisotopic (exact) mass is 973 g/mol. The van der Waals surface area contributed by atoms with Gasteiger partial charge in [-0.2, -0.15) is 0 Å². The van der Waals surface area contributed by atoms with E-state index in [2.05, 4.69) is 47.5 Å². The summed E-state index contributed by atoms with van der Waals surface area (Å²) in [6.07, 6.45) is -1.23. The molecule has 21 N–H and O–H groups in total. The highest BCUT2D eigenvalue weighted by Gasteiger charge is 2.35. The number of carboxylic acids is 1. The second-order valence-corrected chi connectivity index (χ2v) is 16.7. The van der Waals surface area contributed by atoms with Crippen molar-refractivity contribution >= 4 is 71.0 Å². The zero-order chi connectivity index (χ0) is 52.4. The number of hydrogen-bond acceptors (Lipinski definition) is 15. The molecule has 0 aliphatic rings. The van der Waals surface area contributed by atoms with Crippen LogP contribution in [0.25, 0.3) is 0 Å². The summed E-state index contributed by atoms with van der Waals surface area (Å²) in [4.78, 5) is 145. The standard InChI is InChI=1S/C40H72N14O14/c1-7-9-22(49-35(64)24(11-12-29(58)59)48-33(62)21(41)16-55)36(65)54-30(19(4)5)39(68)47-20(6)32(61)52-26(14-18(2)3)37(66)53-27(17-56)38(67)50-23(10-8-13-46-40(44)45)34(63)51-25(31(43)60)15-28(42)57/h18-27,30,55-56H,7-17,41H2,1-6H3,(H2,42,57)(H2,43,60)(H,47,68)(H,48,62)(H,49,64)(H,50,67)(H,51,63)(H,52,61)(H,53,66)(H,54,65)(H,58,59)(H4,44,45,46)/t20-,21+,22-,23+,24-,25+,26-,27-,30-/m0/s1. The van der Waals surface area contributed by atoms with Crippen LogP contribution in [0, 0.1) is 11.8 Å². The molecule has 0 unspecified atom stereocenters. The highest BCUT2D eigenvalue weighted by Crippen LogP contribution is 2.10. The van der Waals surface area contributed by atoms with Crippen molar-refractivity contribution in [1.82, 2.24) is 42.5 Å². The average molecular weight is 973 g/mol. The number of carbonyl (C=O) groups is 11. The summed E-state index contributed by atoms with van der Waals surface area (Å²) in [5.41, 5.74) is 26.7. The molecule has 0 saturated carbocycles. The number of nitrogens with one attached hydrogen (secondary N) is 8. The van der Waals surface area contributed by atoms with Gasteiger partial charge < -0.3 is 86.5 Å². The lowest BCUT2D eigenvalue weighted by atomic mass is 10.0. The number of aliphatic hydroxyl groups excluding tert-OH is 2. The van der Waals surface area contributed by atoms with Crippen molar-refractivity contribution in [2.45, 2.75) is 147 Å². The summed E-state index contributed by atoms with van der Waals surface area (Å²) in [5.74, 6) is -11.8. The largest absolute Gasteiger partial charge is 0.481 e. The lowest BCUT2D eigenvalue weighted by molar-refractivity contribution is -0.138. The van der Waals surface area contributed by atoms with Gasteiger partial charge in [0.15, 0.2) is 5.96 Å². The van der Waals surface area contributed by atoms with Crippen molar-refractivity contribution in [1.29, 1.82) is 0 Å². The molecule has 0 saturated heterocycles. The van der Waals surface area contributed by atoms with Crippen LogP contribution in [-0.4, -0.2) is 160 Å². The number of nitrogens with zero attached hydrogens (tertiary/aromatic N) is 1. The molecule has 0 radical (unpaired) electrons. The van der Waals surface area contributed by atoms with E-state index in [1.807, 2.05) is 0 Å². The Hall–Kier alpha value is -6.68. The fourth-order valence-corrected chi connectivity index (χ4v) is 6.09. The summed E-state index contributed by atoms with van der Waals surface area (Å²) in [5, 5.41) is 47.7. The number of guanidine groups is 1. The van der Waals surface area contributed by atoms with E-state index in [1.165, 1.54) is 6.92 Å². The van der Waals surface area contributed by atoms with Gasteiger partial charge in [0.1, 0.15) is 54.4 Å². The summed E-state index contributed by atoms with van der Waals surface area (Å²) in [6, 6.07) is -12.8. The van der Waals surface area contributed by atoms with Gasteiger partial charge in [0.25, 0.3) is 0 Å². The minimum Gasteiger partial charge on any atom is -0.481 e. The van der Waals surface area contributed by atoms with Gasteiger partial charge in [-0.05, 0) is 50.9 Å². The zero-order valence-corrected chi connectivity index (χ0v) is 39.3. The van der Waals surface area contributed by atoms with E-state index in [4.69, 9.17) is 33.8 Å². The summed E-state index contributed by atoms with van der Waals surface area (Å²) >= 11 is 0. The minimum absolute atomic E-state index is 0.00744. The fraction of sp³-hybridized carbons (Fsp3) is 0.700. The Morgan fingerprint density at radius 3 is 1.49 bits per heavy atom. The first-order valence-corrected chi connectivity index (χ1v) is 21.9. The number of primary amides is 2. The van der Waals surface area contributed by atoms with Gasteiger partial charge >= 0.3 is 5.97 Å². The van der Waals surface area contributed by atoms with Crippen LogP contribution >= 0.6 is 0 Å². The van der Waals surface area contributed by atoms with Gasteiger partial charge in [0, 0.05) is 13.0 Å². The van der Waals surface area contributed by atoms with E-state index in [0.29, 0.717) is 6.42 Å². The summed E-state index contributed by atoms with van der Waals surface area (Å²) in [6.45, 7) is 7.87. The summed E-state index contributed by atoms with van der Waals surface area (Å²) in [7, 11) is 0. The van der Waals surface area contributed by atoms with Crippen molar-refractivity contribution in [2.75, 3.05) is 19.8 Å². The Bertz CT molecular complexity index is 1790. The van der Waals surface area contributed by atoms with Crippen LogP contribution in [0.3, 0.4) is 0 Å². The number of rotatable bonds is 33. The molecule has 9 atom stereocenters. The first-order chi connectivity index (χ1) is 31.7. The number of nitrogens with two attached hydrogens (primary N) is 5. The molecular weight excluding hydrogens is 901 g/mol. The van der Waals surface area contributed by atoms with Crippen LogP contribution in [0.15, 0.2) is 4.99 Å². The molecule has 386 valence electrons. The van der Waals surface area contributed by atoms with Gasteiger partial charge in [0.05, 0.1) is 19.6 Å². The molecule has 0 spiro atoms. The molecule has 28 nitrogen and oxygen atoms in total. The molecule has 0 aromatic rings. The molecule has 0 aromatic heterocycles. The number of hydrogen-bond donors (Lipinski definition) is 16. The lowest BCUT2D eigenvalue weighted by Gasteiger charge is -2.28. The molecule has 68 heavy (non-hydrogen) atoms. The average Bonchev–Trinajstić information content (AvgIpc) is 3.24. The van der Waals surface area contributed by atoms with Crippen molar-refractivity contribution in [3.8, 4) is 0 Å². The molecule has 28 heteroatoms. The first kappa shape index (κ1) is 61.3. The smallest absolute Gasteiger partial charge is 0.303 e. The third-order valence-corrected chi connectivity index (χ3v) is 9.82. The van der Waals surface area contributed by atoms with E-state index in [9.17, 15) is 63.0 Å². The van der Waals surface area contributed by atoms with Gasteiger partial charge in [-0.3, -0.25) is 57.7 Å². The fourth-order valence-electron chi connectivity index (χ4n) is 6.09. The highest BCUT2D eigenvalue weighted by atomic mass is 16.4. The first-order valence-electron chi connectivity index (χ1n) is 21.9. The second-order valence-electron chi connectivity index (χ2n) is 16.7. The van der Waals surface area contributed by atoms with E-state index >= 15 is 0 Å². The quantitative estimate of drug-likeness (QED) is 0.0165. The minimum atomic E-state index is -1.70.